The van der Waals surface area contributed by atoms with Crippen LogP contribution in [0.2, 0.25) is 0 Å². The topological polar surface area (TPSA) is 48.9 Å². The molecule has 0 bridgehead atoms. The molecule has 0 amide bonds. The van der Waals surface area contributed by atoms with Gasteiger partial charge in [0.15, 0.2) is 5.96 Å². The summed E-state index contributed by atoms with van der Waals surface area (Å²) in [6.45, 7) is 7.34. The van der Waals surface area contributed by atoms with Gasteiger partial charge in [0.05, 0.1) is 19.8 Å². The molecule has 20 heavy (non-hydrogen) atoms. The summed E-state index contributed by atoms with van der Waals surface area (Å²) in [6.07, 6.45) is 0. The van der Waals surface area contributed by atoms with E-state index >= 15 is 0 Å². The number of benzene rings is 1. The number of guanidine groups is 1. The highest BCUT2D eigenvalue weighted by Gasteiger charge is 2.11. The van der Waals surface area contributed by atoms with Crippen LogP contribution in [0.15, 0.2) is 29.3 Å². The van der Waals surface area contributed by atoms with Crippen molar-refractivity contribution < 1.29 is 4.74 Å². The third-order valence-electron chi connectivity index (χ3n) is 3.80. The summed E-state index contributed by atoms with van der Waals surface area (Å²) < 4.78 is 5.35. The average molecular weight is 274 g/mol. The number of ether oxygens (including phenoxy) is 1. The van der Waals surface area contributed by atoms with Crippen LogP contribution in [0, 0.1) is 0 Å². The van der Waals surface area contributed by atoms with Crippen molar-refractivity contribution in [3.63, 3.8) is 0 Å². The van der Waals surface area contributed by atoms with Crippen LogP contribution in [0.4, 0.5) is 0 Å². The number of fused-ring (bicyclic) bond motifs is 1. The highest BCUT2D eigenvalue weighted by molar-refractivity contribution is 5.80. The van der Waals surface area contributed by atoms with Crippen LogP contribution in [0.3, 0.4) is 0 Å². The predicted octanol–water partition coefficient (Wildman–Crippen LogP) is 0.568. The molecular formula is C15H22N4O. The van der Waals surface area contributed by atoms with E-state index in [0.717, 1.165) is 58.4 Å². The molecule has 0 spiro atoms. The van der Waals surface area contributed by atoms with Crippen LogP contribution in [-0.4, -0.2) is 50.3 Å². The van der Waals surface area contributed by atoms with Gasteiger partial charge >= 0.3 is 0 Å². The molecule has 2 aliphatic rings. The van der Waals surface area contributed by atoms with Gasteiger partial charge in [0.1, 0.15) is 0 Å². The van der Waals surface area contributed by atoms with Crippen LogP contribution < -0.4 is 10.6 Å². The van der Waals surface area contributed by atoms with Gasteiger partial charge in [0.25, 0.3) is 0 Å². The van der Waals surface area contributed by atoms with Gasteiger partial charge in [-0.3, -0.25) is 4.90 Å². The molecule has 1 aromatic rings. The summed E-state index contributed by atoms with van der Waals surface area (Å²) in [4.78, 5) is 7.02. The number of hydrogen-bond donors (Lipinski definition) is 2. The highest BCUT2D eigenvalue weighted by Crippen LogP contribution is 2.11. The predicted molar refractivity (Wildman–Crippen MR) is 79.7 cm³/mol. The standard InChI is InChI=1S/C15H22N4O/c1-2-4-14-12-18-15(17-11-13(14)3-1)16-5-6-19-7-9-20-10-8-19/h1-4H,5-12H2,(H2,16,17,18). The first-order valence-corrected chi connectivity index (χ1v) is 7.31. The number of rotatable bonds is 3. The van der Waals surface area contributed by atoms with Crippen LogP contribution in [0.25, 0.3) is 0 Å². The molecule has 1 saturated heterocycles. The molecule has 0 radical (unpaired) electrons. The molecule has 1 fully saturated rings. The maximum Gasteiger partial charge on any atom is 0.191 e. The SMILES string of the molecule is c1ccc2c(c1)CN=C(NCCN1CCOCC1)NC2. The molecule has 2 N–H and O–H groups in total. The molecular weight excluding hydrogens is 252 g/mol. The van der Waals surface area contributed by atoms with E-state index in [4.69, 9.17) is 4.74 Å². The first kappa shape index (κ1) is 13.4. The maximum atomic E-state index is 5.35. The smallest absolute Gasteiger partial charge is 0.191 e. The maximum absolute atomic E-state index is 5.35. The summed E-state index contributed by atoms with van der Waals surface area (Å²) in [6, 6.07) is 8.47. The van der Waals surface area contributed by atoms with E-state index < -0.39 is 0 Å². The van der Waals surface area contributed by atoms with Crippen molar-refractivity contribution in [2.24, 2.45) is 4.99 Å². The third kappa shape index (κ3) is 3.49. The van der Waals surface area contributed by atoms with E-state index in [9.17, 15) is 0 Å². The van der Waals surface area contributed by atoms with E-state index in [1.165, 1.54) is 11.1 Å². The van der Waals surface area contributed by atoms with Gasteiger partial charge in [-0.2, -0.15) is 0 Å². The van der Waals surface area contributed by atoms with Crippen LogP contribution >= 0.6 is 0 Å². The van der Waals surface area contributed by atoms with Crippen molar-refractivity contribution in [3.05, 3.63) is 35.4 Å². The highest BCUT2D eigenvalue weighted by atomic mass is 16.5. The van der Waals surface area contributed by atoms with E-state index in [1.54, 1.807) is 0 Å². The molecule has 2 aliphatic heterocycles. The summed E-state index contributed by atoms with van der Waals surface area (Å²) in [5, 5.41) is 6.77. The van der Waals surface area contributed by atoms with Crippen molar-refractivity contribution >= 4 is 5.96 Å². The summed E-state index contributed by atoms with van der Waals surface area (Å²) >= 11 is 0. The molecule has 3 rings (SSSR count). The van der Waals surface area contributed by atoms with Gasteiger partial charge in [0.2, 0.25) is 0 Å². The van der Waals surface area contributed by atoms with Gasteiger partial charge in [-0.05, 0) is 11.1 Å². The number of nitrogens with one attached hydrogen (secondary N) is 2. The van der Waals surface area contributed by atoms with Crippen molar-refractivity contribution in [3.8, 4) is 0 Å². The van der Waals surface area contributed by atoms with Gasteiger partial charge in [0, 0.05) is 32.7 Å². The molecule has 0 aliphatic carbocycles. The van der Waals surface area contributed by atoms with Gasteiger partial charge in [-0.25, -0.2) is 4.99 Å². The number of nitrogens with zero attached hydrogens (tertiary/aromatic N) is 2. The Balaban J connectivity index is 1.46. The molecule has 5 heteroatoms. The minimum atomic E-state index is 0.753. The Labute approximate surface area is 120 Å². The van der Waals surface area contributed by atoms with Gasteiger partial charge in [-0.1, -0.05) is 24.3 Å². The average Bonchev–Trinajstić information content (AvgIpc) is 2.71. The zero-order chi connectivity index (χ0) is 13.6. The first-order chi connectivity index (χ1) is 9.92. The van der Waals surface area contributed by atoms with Crippen molar-refractivity contribution in [1.29, 1.82) is 0 Å². The molecule has 0 aromatic heterocycles. The monoisotopic (exact) mass is 274 g/mol. The van der Waals surface area contributed by atoms with E-state index in [1.807, 2.05) is 0 Å². The molecule has 1 aromatic carbocycles. The van der Waals surface area contributed by atoms with Crippen LogP contribution in [-0.2, 0) is 17.8 Å². The number of hydrogen-bond acceptors (Lipinski definition) is 5. The molecule has 0 unspecified atom stereocenters. The second-order valence-corrected chi connectivity index (χ2v) is 5.17. The largest absolute Gasteiger partial charge is 0.379 e. The third-order valence-corrected chi connectivity index (χ3v) is 3.80. The van der Waals surface area contributed by atoms with Crippen LogP contribution in [0.1, 0.15) is 11.1 Å². The summed E-state index contributed by atoms with van der Waals surface area (Å²) in [5.74, 6) is 0.912. The first-order valence-electron chi connectivity index (χ1n) is 7.31. The Morgan fingerprint density at radius 2 is 2.00 bits per heavy atom. The minimum absolute atomic E-state index is 0.753. The molecule has 5 nitrogen and oxygen atoms in total. The molecule has 2 heterocycles. The fourth-order valence-corrected chi connectivity index (χ4v) is 2.56. The van der Waals surface area contributed by atoms with Crippen LogP contribution in [0.5, 0.6) is 0 Å². The Morgan fingerprint density at radius 3 is 2.85 bits per heavy atom. The second kappa shape index (κ2) is 6.72. The Kier molecular flexibility index (Phi) is 4.50. The normalized spacial score (nSPS) is 19.5. The number of morpholine rings is 1. The minimum Gasteiger partial charge on any atom is -0.379 e. The lowest BCUT2D eigenvalue weighted by Gasteiger charge is -2.26. The quantitative estimate of drug-likeness (QED) is 0.846. The fraction of sp³-hybridized carbons (Fsp3) is 0.533. The van der Waals surface area contributed by atoms with Crippen molar-refractivity contribution in [2.45, 2.75) is 13.1 Å². The van der Waals surface area contributed by atoms with Crippen molar-refractivity contribution in [1.82, 2.24) is 15.5 Å². The lowest BCUT2D eigenvalue weighted by Crippen LogP contribution is -2.44. The lowest BCUT2D eigenvalue weighted by atomic mass is 10.1. The van der Waals surface area contributed by atoms with E-state index in [2.05, 4.69) is 44.8 Å². The molecule has 108 valence electrons. The summed E-state index contributed by atoms with van der Waals surface area (Å²) in [7, 11) is 0. The van der Waals surface area contributed by atoms with Gasteiger partial charge < -0.3 is 15.4 Å². The second-order valence-electron chi connectivity index (χ2n) is 5.17. The molecule has 0 atom stereocenters. The van der Waals surface area contributed by atoms with E-state index in [-0.39, 0.29) is 0 Å². The fourth-order valence-electron chi connectivity index (χ4n) is 2.56. The lowest BCUT2D eigenvalue weighted by molar-refractivity contribution is 0.0389. The molecule has 0 saturated carbocycles. The van der Waals surface area contributed by atoms with Gasteiger partial charge in [-0.15, -0.1) is 0 Å². The zero-order valence-electron chi connectivity index (χ0n) is 11.8. The Morgan fingerprint density at radius 1 is 1.20 bits per heavy atom. The number of aliphatic imine (C=N–C) groups is 1. The van der Waals surface area contributed by atoms with Crippen molar-refractivity contribution in [2.75, 3.05) is 39.4 Å². The van der Waals surface area contributed by atoms with E-state index in [0.29, 0.717) is 0 Å². The zero-order valence-corrected chi connectivity index (χ0v) is 11.8. The Hall–Kier alpha value is -1.59. The summed E-state index contributed by atoms with van der Waals surface area (Å²) in [5.41, 5.74) is 2.64. The Bertz CT molecular complexity index is 469.